The minimum absolute atomic E-state index is 0.627. The van der Waals surface area contributed by atoms with Crippen molar-refractivity contribution in [1.82, 2.24) is 15.3 Å². The Morgan fingerprint density at radius 2 is 2.13 bits per heavy atom. The van der Waals surface area contributed by atoms with Gasteiger partial charge in [-0.15, -0.1) is 0 Å². The van der Waals surface area contributed by atoms with Crippen LogP contribution in [0, 0.1) is 13.8 Å². The van der Waals surface area contributed by atoms with E-state index in [1.807, 2.05) is 13.1 Å². The molecule has 0 bridgehead atoms. The fraction of sp³-hybridized carbons (Fsp3) is 0.667. The van der Waals surface area contributed by atoms with E-state index in [0.717, 1.165) is 18.9 Å². The van der Waals surface area contributed by atoms with Crippen LogP contribution < -0.4 is 5.32 Å². The number of hydrogen-bond acceptors (Lipinski definition) is 3. The third-order valence-corrected chi connectivity index (χ3v) is 3.09. The highest BCUT2D eigenvalue weighted by Crippen LogP contribution is 2.26. The molecule has 0 radical (unpaired) electrons. The lowest BCUT2D eigenvalue weighted by Crippen LogP contribution is -2.14. The highest BCUT2D eigenvalue weighted by atomic mass is 14.9. The Kier molecular flexibility index (Phi) is 3.31. The van der Waals surface area contributed by atoms with Gasteiger partial charge in [0.1, 0.15) is 5.82 Å². The standard InChI is InChI=1S/C12H19N3/c1-9-8-14-10(2)15-12(9)11-4-3-6-13-7-5-11/h8,11,13H,3-7H2,1-2H3. The molecule has 82 valence electrons. The first-order valence-corrected chi connectivity index (χ1v) is 5.78. The van der Waals surface area contributed by atoms with Crippen molar-refractivity contribution in [2.24, 2.45) is 0 Å². The maximum Gasteiger partial charge on any atom is 0.125 e. The summed E-state index contributed by atoms with van der Waals surface area (Å²) in [5.41, 5.74) is 2.51. The molecule has 3 heteroatoms. The SMILES string of the molecule is Cc1ncc(C)c(C2CCCNCC2)n1. The molecule has 1 N–H and O–H groups in total. The second kappa shape index (κ2) is 4.71. The van der Waals surface area contributed by atoms with Crippen molar-refractivity contribution in [3.63, 3.8) is 0 Å². The molecule has 15 heavy (non-hydrogen) atoms. The summed E-state index contributed by atoms with van der Waals surface area (Å²) >= 11 is 0. The van der Waals surface area contributed by atoms with E-state index in [2.05, 4.69) is 22.2 Å². The summed E-state index contributed by atoms with van der Waals surface area (Å²) in [6, 6.07) is 0. The Labute approximate surface area is 91.3 Å². The average molecular weight is 205 g/mol. The van der Waals surface area contributed by atoms with Crippen molar-refractivity contribution in [3.8, 4) is 0 Å². The Morgan fingerprint density at radius 1 is 1.27 bits per heavy atom. The molecule has 1 aliphatic heterocycles. The predicted octanol–water partition coefficient (Wildman–Crippen LogP) is 1.95. The monoisotopic (exact) mass is 205 g/mol. The number of nitrogens with zero attached hydrogens (tertiary/aromatic N) is 2. The summed E-state index contributed by atoms with van der Waals surface area (Å²) in [6.07, 6.45) is 5.67. The number of aromatic nitrogens is 2. The van der Waals surface area contributed by atoms with Gasteiger partial charge in [-0.3, -0.25) is 0 Å². The third kappa shape index (κ3) is 2.53. The molecule has 1 aromatic heterocycles. The zero-order valence-corrected chi connectivity index (χ0v) is 9.58. The van der Waals surface area contributed by atoms with E-state index in [1.54, 1.807) is 0 Å². The number of hydrogen-bond donors (Lipinski definition) is 1. The molecule has 1 saturated heterocycles. The molecule has 1 aliphatic rings. The normalized spacial score (nSPS) is 22.4. The number of aryl methyl sites for hydroxylation is 2. The maximum atomic E-state index is 4.60. The van der Waals surface area contributed by atoms with Gasteiger partial charge in [0.05, 0.1) is 5.69 Å². The van der Waals surface area contributed by atoms with E-state index < -0.39 is 0 Å². The first-order valence-electron chi connectivity index (χ1n) is 5.78. The molecular weight excluding hydrogens is 186 g/mol. The zero-order chi connectivity index (χ0) is 10.7. The smallest absolute Gasteiger partial charge is 0.125 e. The Morgan fingerprint density at radius 3 is 3.00 bits per heavy atom. The van der Waals surface area contributed by atoms with Gasteiger partial charge in [-0.05, 0) is 51.8 Å². The van der Waals surface area contributed by atoms with Crippen LogP contribution >= 0.6 is 0 Å². The van der Waals surface area contributed by atoms with Gasteiger partial charge in [0.2, 0.25) is 0 Å². The molecular formula is C12H19N3. The van der Waals surface area contributed by atoms with E-state index in [-0.39, 0.29) is 0 Å². The van der Waals surface area contributed by atoms with Crippen molar-refractivity contribution < 1.29 is 0 Å². The second-order valence-corrected chi connectivity index (χ2v) is 4.36. The Balaban J connectivity index is 2.22. The zero-order valence-electron chi connectivity index (χ0n) is 9.58. The molecule has 1 aromatic rings. The third-order valence-electron chi connectivity index (χ3n) is 3.09. The predicted molar refractivity (Wildman–Crippen MR) is 61.0 cm³/mol. The van der Waals surface area contributed by atoms with Crippen LogP contribution in [-0.4, -0.2) is 23.1 Å². The largest absolute Gasteiger partial charge is 0.317 e. The molecule has 2 heterocycles. The van der Waals surface area contributed by atoms with Gasteiger partial charge in [0.15, 0.2) is 0 Å². The molecule has 1 atom stereocenters. The Hall–Kier alpha value is -0.960. The lowest BCUT2D eigenvalue weighted by atomic mass is 9.94. The van der Waals surface area contributed by atoms with Crippen molar-refractivity contribution in [3.05, 3.63) is 23.3 Å². The van der Waals surface area contributed by atoms with Crippen molar-refractivity contribution in [1.29, 1.82) is 0 Å². The van der Waals surface area contributed by atoms with Gasteiger partial charge in [-0.1, -0.05) is 0 Å². The van der Waals surface area contributed by atoms with E-state index in [1.165, 1.54) is 30.5 Å². The molecule has 0 aliphatic carbocycles. The summed E-state index contributed by atoms with van der Waals surface area (Å²) in [5, 5.41) is 3.44. The molecule has 0 spiro atoms. The summed E-state index contributed by atoms with van der Waals surface area (Å²) in [4.78, 5) is 8.83. The van der Waals surface area contributed by atoms with Gasteiger partial charge in [0.25, 0.3) is 0 Å². The van der Waals surface area contributed by atoms with Crippen LogP contribution in [0.5, 0.6) is 0 Å². The summed E-state index contributed by atoms with van der Waals surface area (Å²) in [7, 11) is 0. The van der Waals surface area contributed by atoms with Gasteiger partial charge >= 0.3 is 0 Å². The highest BCUT2D eigenvalue weighted by Gasteiger charge is 2.17. The molecule has 0 saturated carbocycles. The lowest BCUT2D eigenvalue weighted by molar-refractivity contribution is 0.585. The average Bonchev–Trinajstić information content (AvgIpc) is 2.50. The van der Waals surface area contributed by atoms with Crippen LogP contribution in [0.15, 0.2) is 6.20 Å². The van der Waals surface area contributed by atoms with Gasteiger partial charge in [-0.2, -0.15) is 0 Å². The van der Waals surface area contributed by atoms with E-state index in [4.69, 9.17) is 0 Å². The summed E-state index contributed by atoms with van der Waals surface area (Å²) < 4.78 is 0. The second-order valence-electron chi connectivity index (χ2n) is 4.36. The molecule has 0 amide bonds. The topological polar surface area (TPSA) is 37.8 Å². The van der Waals surface area contributed by atoms with Crippen LogP contribution in [0.4, 0.5) is 0 Å². The minimum atomic E-state index is 0.627. The highest BCUT2D eigenvalue weighted by molar-refractivity contribution is 5.20. The first-order chi connectivity index (χ1) is 7.27. The van der Waals surface area contributed by atoms with Crippen LogP contribution in [0.3, 0.4) is 0 Å². The van der Waals surface area contributed by atoms with Crippen molar-refractivity contribution in [2.45, 2.75) is 39.0 Å². The lowest BCUT2D eigenvalue weighted by Gasteiger charge is -2.15. The van der Waals surface area contributed by atoms with E-state index in [0.29, 0.717) is 5.92 Å². The van der Waals surface area contributed by atoms with Gasteiger partial charge < -0.3 is 5.32 Å². The fourth-order valence-electron chi connectivity index (χ4n) is 2.25. The Bertz CT molecular complexity index is 328. The number of rotatable bonds is 1. The van der Waals surface area contributed by atoms with E-state index >= 15 is 0 Å². The molecule has 1 fully saturated rings. The first kappa shape index (κ1) is 10.6. The van der Waals surface area contributed by atoms with E-state index in [9.17, 15) is 0 Å². The summed E-state index contributed by atoms with van der Waals surface area (Å²) in [6.45, 7) is 6.36. The quantitative estimate of drug-likeness (QED) is 0.761. The molecule has 2 rings (SSSR count). The van der Waals surface area contributed by atoms with Gasteiger partial charge in [-0.25, -0.2) is 9.97 Å². The maximum absolute atomic E-state index is 4.60. The van der Waals surface area contributed by atoms with Gasteiger partial charge in [0, 0.05) is 12.1 Å². The van der Waals surface area contributed by atoms with Crippen LogP contribution in [-0.2, 0) is 0 Å². The van der Waals surface area contributed by atoms with Crippen LogP contribution in [0.2, 0.25) is 0 Å². The molecule has 0 aromatic carbocycles. The minimum Gasteiger partial charge on any atom is -0.317 e. The fourth-order valence-corrected chi connectivity index (χ4v) is 2.25. The summed E-state index contributed by atoms with van der Waals surface area (Å²) in [5.74, 6) is 1.52. The van der Waals surface area contributed by atoms with Crippen molar-refractivity contribution >= 4 is 0 Å². The molecule has 1 unspecified atom stereocenters. The number of nitrogens with one attached hydrogen (secondary N) is 1. The van der Waals surface area contributed by atoms with Crippen LogP contribution in [0.1, 0.15) is 42.3 Å². The van der Waals surface area contributed by atoms with Crippen molar-refractivity contribution in [2.75, 3.05) is 13.1 Å². The van der Waals surface area contributed by atoms with Crippen LogP contribution in [0.25, 0.3) is 0 Å². The molecule has 3 nitrogen and oxygen atoms in total.